The first-order valence-electron chi connectivity index (χ1n) is 6.83. The number of nitrogens with one attached hydrogen (secondary N) is 1. The van der Waals surface area contributed by atoms with Crippen molar-refractivity contribution in [2.24, 2.45) is 0 Å². The zero-order valence-corrected chi connectivity index (χ0v) is 11.5. The van der Waals surface area contributed by atoms with Crippen LogP contribution in [0.3, 0.4) is 0 Å². The van der Waals surface area contributed by atoms with Crippen LogP contribution in [-0.4, -0.2) is 18.1 Å². The van der Waals surface area contributed by atoms with E-state index in [1.807, 2.05) is 36.5 Å². The van der Waals surface area contributed by atoms with Crippen molar-refractivity contribution in [2.45, 2.75) is 25.4 Å². The van der Waals surface area contributed by atoms with Crippen LogP contribution in [0.4, 0.5) is 0 Å². The Balaban J connectivity index is 1.71. The molecule has 0 amide bonds. The molecule has 4 nitrogen and oxygen atoms in total. The normalized spacial score (nSPS) is 14.1. The zero-order chi connectivity index (χ0) is 13.8. The van der Waals surface area contributed by atoms with E-state index >= 15 is 0 Å². The molecule has 104 valence electrons. The van der Waals surface area contributed by atoms with Crippen molar-refractivity contribution >= 4 is 0 Å². The number of nitrogens with zero attached hydrogens (tertiary/aromatic N) is 1. The van der Waals surface area contributed by atoms with E-state index in [0.29, 0.717) is 17.5 Å². The first-order valence-corrected chi connectivity index (χ1v) is 6.83. The van der Waals surface area contributed by atoms with Crippen molar-refractivity contribution in [1.82, 2.24) is 10.3 Å². The van der Waals surface area contributed by atoms with Gasteiger partial charge in [-0.1, -0.05) is 12.1 Å². The van der Waals surface area contributed by atoms with Gasteiger partial charge in [0.2, 0.25) is 0 Å². The summed E-state index contributed by atoms with van der Waals surface area (Å²) in [6.45, 7) is 0.834. The maximum atomic E-state index is 5.85. The molecule has 1 aliphatic carbocycles. The fourth-order valence-corrected chi connectivity index (χ4v) is 2.00. The standard InChI is InChI=1S/C16H18N2O2/c1-19-15-4-2-3-5-16(15)20-14-8-12(9-17-11-14)10-18-13-6-7-13/h2-5,8-9,11,13,18H,6-7,10H2,1H3. The number of aromatic nitrogens is 1. The van der Waals surface area contributed by atoms with Gasteiger partial charge in [-0.25, -0.2) is 0 Å². The summed E-state index contributed by atoms with van der Waals surface area (Å²) in [7, 11) is 1.64. The number of ether oxygens (including phenoxy) is 2. The Bertz CT molecular complexity index is 582. The molecule has 1 aliphatic rings. The van der Waals surface area contributed by atoms with Gasteiger partial charge >= 0.3 is 0 Å². The molecule has 1 N–H and O–H groups in total. The summed E-state index contributed by atoms with van der Waals surface area (Å²) in [6.07, 6.45) is 6.15. The average Bonchev–Trinajstić information content (AvgIpc) is 3.30. The topological polar surface area (TPSA) is 43.4 Å². The maximum absolute atomic E-state index is 5.85. The van der Waals surface area contributed by atoms with Crippen molar-refractivity contribution < 1.29 is 9.47 Å². The fraction of sp³-hybridized carbons (Fsp3) is 0.312. The minimum absolute atomic E-state index is 0.689. The van der Waals surface area contributed by atoms with E-state index in [4.69, 9.17) is 9.47 Å². The number of hydrogen-bond acceptors (Lipinski definition) is 4. The molecule has 1 heterocycles. The van der Waals surface area contributed by atoms with Crippen LogP contribution in [0.25, 0.3) is 0 Å². The van der Waals surface area contributed by atoms with Crippen LogP contribution < -0.4 is 14.8 Å². The lowest BCUT2D eigenvalue weighted by molar-refractivity contribution is 0.378. The highest BCUT2D eigenvalue weighted by Crippen LogP contribution is 2.30. The zero-order valence-electron chi connectivity index (χ0n) is 11.5. The second-order valence-electron chi connectivity index (χ2n) is 4.94. The molecule has 1 aromatic heterocycles. The Hall–Kier alpha value is -2.07. The summed E-state index contributed by atoms with van der Waals surface area (Å²) >= 11 is 0. The Morgan fingerprint density at radius 3 is 2.75 bits per heavy atom. The van der Waals surface area contributed by atoms with Crippen LogP contribution in [-0.2, 0) is 6.54 Å². The van der Waals surface area contributed by atoms with E-state index < -0.39 is 0 Å². The van der Waals surface area contributed by atoms with E-state index in [1.165, 1.54) is 12.8 Å². The summed E-state index contributed by atoms with van der Waals surface area (Å²) in [5.74, 6) is 2.14. The van der Waals surface area contributed by atoms with Gasteiger partial charge in [0.05, 0.1) is 13.3 Å². The lowest BCUT2D eigenvalue weighted by Crippen LogP contribution is -2.15. The van der Waals surface area contributed by atoms with E-state index in [1.54, 1.807) is 13.3 Å². The van der Waals surface area contributed by atoms with Crippen LogP contribution in [0.2, 0.25) is 0 Å². The number of rotatable bonds is 6. The third-order valence-corrected chi connectivity index (χ3v) is 3.24. The Labute approximate surface area is 118 Å². The largest absolute Gasteiger partial charge is 0.493 e. The van der Waals surface area contributed by atoms with Crippen molar-refractivity contribution in [3.05, 3.63) is 48.3 Å². The predicted molar refractivity (Wildman–Crippen MR) is 77.2 cm³/mol. The molecule has 0 unspecified atom stereocenters. The minimum Gasteiger partial charge on any atom is -0.493 e. The predicted octanol–water partition coefficient (Wildman–Crippen LogP) is 3.13. The Morgan fingerprint density at radius 2 is 2.00 bits per heavy atom. The average molecular weight is 270 g/mol. The molecule has 0 spiro atoms. The summed E-state index contributed by atoms with van der Waals surface area (Å²) in [5.41, 5.74) is 1.13. The smallest absolute Gasteiger partial charge is 0.169 e. The molecule has 0 bridgehead atoms. The number of pyridine rings is 1. The van der Waals surface area contributed by atoms with Crippen LogP contribution >= 0.6 is 0 Å². The molecule has 3 rings (SSSR count). The van der Waals surface area contributed by atoms with Crippen LogP contribution in [0.15, 0.2) is 42.7 Å². The van der Waals surface area contributed by atoms with Crippen LogP contribution in [0.5, 0.6) is 17.2 Å². The number of hydrogen-bond donors (Lipinski definition) is 1. The lowest BCUT2D eigenvalue weighted by Gasteiger charge is -2.10. The first-order chi connectivity index (χ1) is 9.85. The maximum Gasteiger partial charge on any atom is 0.169 e. The molecule has 20 heavy (non-hydrogen) atoms. The second kappa shape index (κ2) is 5.92. The molecule has 1 fully saturated rings. The lowest BCUT2D eigenvalue weighted by atomic mass is 10.2. The Kier molecular flexibility index (Phi) is 3.83. The summed E-state index contributed by atoms with van der Waals surface area (Å²) in [6, 6.07) is 10.3. The van der Waals surface area contributed by atoms with Gasteiger partial charge < -0.3 is 14.8 Å². The summed E-state index contributed by atoms with van der Waals surface area (Å²) < 4.78 is 11.1. The van der Waals surface area contributed by atoms with Gasteiger partial charge in [0.25, 0.3) is 0 Å². The molecule has 0 radical (unpaired) electrons. The van der Waals surface area contributed by atoms with Gasteiger partial charge in [-0.05, 0) is 36.6 Å². The highest BCUT2D eigenvalue weighted by Gasteiger charge is 2.20. The molecule has 2 aromatic rings. The van der Waals surface area contributed by atoms with Crippen molar-refractivity contribution in [3.8, 4) is 17.2 Å². The monoisotopic (exact) mass is 270 g/mol. The molecule has 4 heteroatoms. The number of benzene rings is 1. The number of methoxy groups -OCH3 is 1. The highest BCUT2D eigenvalue weighted by molar-refractivity contribution is 5.42. The van der Waals surface area contributed by atoms with Gasteiger partial charge in [-0.15, -0.1) is 0 Å². The summed E-state index contributed by atoms with van der Waals surface area (Å²) in [4.78, 5) is 4.23. The van der Waals surface area contributed by atoms with Crippen molar-refractivity contribution in [2.75, 3.05) is 7.11 Å². The van der Waals surface area contributed by atoms with Crippen LogP contribution in [0, 0.1) is 0 Å². The third kappa shape index (κ3) is 3.27. The Morgan fingerprint density at radius 1 is 1.20 bits per heavy atom. The number of para-hydroxylation sites is 2. The molecule has 0 atom stereocenters. The first kappa shape index (κ1) is 12.9. The van der Waals surface area contributed by atoms with Crippen molar-refractivity contribution in [3.63, 3.8) is 0 Å². The van der Waals surface area contributed by atoms with Gasteiger partial charge in [-0.2, -0.15) is 0 Å². The molecule has 0 saturated heterocycles. The fourth-order valence-electron chi connectivity index (χ4n) is 2.00. The summed E-state index contributed by atoms with van der Waals surface area (Å²) in [5, 5.41) is 3.47. The van der Waals surface area contributed by atoms with E-state index in [2.05, 4.69) is 10.3 Å². The van der Waals surface area contributed by atoms with Gasteiger partial charge in [-0.3, -0.25) is 4.98 Å². The van der Waals surface area contributed by atoms with Gasteiger partial charge in [0, 0.05) is 18.8 Å². The molecular weight excluding hydrogens is 252 g/mol. The molecule has 1 aromatic carbocycles. The molecule has 1 saturated carbocycles. The quantitative estimate of drug-likeness (QED) is 0.875. The second-order valence-corrected chi connectivity index (χ2v) is 4.94. The molecular formula is C16H18N2O2. The van der Waals surface area contributed by atoms with E-state index in [-0.39, 0.29) is 0 Å². The minimum atomic E-state index is 0.689. The van der Waals surface area contributed by atoms with E-state index in [9.17, 15) is 0 Å². The SMILES string of the molecule is COc1ccccc1Oc1cncc(CNC2CC2)c1. The van der Waals surface area contributed by atoms with Crippen molar-refractivity contribution in [1.29, 1.82) is 0 Å². The third-order valence-electron chi connectivity index (χ3n) is 3.24. The molecule has 0 aliphatic heterocycles. The van der Waals surface area contributed by atoms with Gasteiger partial charge in [0.15, 0.2) is 11.5 Å². The highest BCUT2D eigenvalue weighted by atomic mass is 16.5. The van der Waals surface area contributed by atoms with Gasteiger partial charge in [0.1, 0.15) is 5.75 Å². The van der Waals surface area contributed by atoms with Crippen LogP contribution in [0.1, 0.15) is 18.4 Å². The van der Waals surface area contributed by atoms with E-state index in [0.717, 1.165) is 17.9 Å².